The molecule has 0 saturated carbocycles. The van der Waals surface area contributed by atoms with Gasteiger partial charge in [-0.05, 0) is 35.5 Å². The van der Waals surface area contributed by atoms with Gasteiger partial charge in [0, 0.05) is 5.56 Å². The standard InChI is InChI=1S/C13H9ClN6O3/c14-10-3-1-7(5-9(10)12(21)22)11-4-2-8(23-11)6-15-16-13-17-19-20-18-13/h1-6H,(H,21,22)(H2,16,17,18,19,20)/b15-6+. The number of aromatic nitrogens is 4. The van der Waals surface area contributed by atoms with Crippen LogP contribution in [0, 0.1) is 0 Å². The van der Waals surface area contributed by atoms with Gasteiger partial charge in [0.15, 0.2) is 0 Å². The molecule has 0 aliphatic heterocycles. The van der Waals surface area contributed by atoms with E-state index in [-0.39, 0.29) is 16.5 Å². The third kappa shape index (κ3) is 3.35. The highest BCUT2D eigenvalue weighted by Gasteiger charge is 2.12. The van der Waals surface area contributed by atoms with Crippen LogP contribution < -0.4 is 5.43 Å². The van der Waals surface area contributed by atoms with Crippen molar-refractivity contribution in [2.75, 3.05) is 5.43 Å². The molecule has 0 saturated heterocycles. The highest BCUT2D eigenvalue weighted by atomic mass is 35.5. The summed E-state index contributed by atoms with van der Waals surface area (Å²) in [6.45, 7) is 0. The number of anilines is 1. The van der Waals surface area contributed by atoms with E-state index in [2.05, 4.69) is 31.2 Å². The molecule has 0 amide bonds. The maximum atomic E-state index is 11.1. The maximum absolute atomic E-state index is 11.1. The number of carboxylic acids is 1. The average Bonchev–Trinajstić information content (AvgIpc) is 3.19. The lowest BCUT2D eigenvalue weighted by atomic mass is 10.1. The van der Waals surface area contributed by atoms with Crippen LogP contribution >= 0.6 is 11.6 Å². The van der Waals surface area contributed by atoms with Crippen molar-refractivity contribution in [3.63, 3.8) is 0 Å². The summed E-state index contributed by atoms with van der Waals surface area (Å²) in [5.41, 5.74) is 3.16. The molecule has 0 aliphatic rings. The Balaban J connectivity index is 1.78. The number of hydrogen-bond acceptors (Lipinski definition) is 7. The van der Waals surface area contributed by atoms with Gasteiger partial charge in [0.2, 0.25) is 0 Å². The van der Waals surface area contributed by atoms with Crippen molar-refractivity contribution in [3.05, 3.63) is 46.7 Å². The van der Waals surface area contributed by atoms with Crippen molar-refractivity contribution in [3.8, 4) is 11.3 Å². The summed E-state index contributed by atoms with van der Waals surface area (Å²) in [5.74, 6) is 0.0688. The first kappa shape index (κ1) is 14.7. The van der Waals surface area contributed by atoms with Gasteiger partial charge < -0.3 is 9.52 Å². The van der Waals surface area contributed by atoms with Crippen LogP contribution in [0.4, 0.5) is 5.95 Å². The first-order valence-electron chi connectivity index (χ1n) is 6.29. The number of aromatic carboxylic acids is 1. The Bertz CT molecular complexity index is 858. The van der Waals surface area contributed by atoms with Gasteiger partial charge >= 0.3 is 5.97 Å². The van der Waals surface area contributed by atoms with E-state index in [0.717, 1.165) is 0 Å². The van der Waals surface area contributed by atoms with Crippen LogP contribution in [0.2, 0.25) is 5.02 Å². The molecule has 2 aromatic heterocycles. The topological polar surface area (TPSA) is 129 Å². The molecule has 1 aromatic carbocycles. The number of aromatic amines is 1. The Labute approximate surface area is 134 Å². The summed E-state index contributed by atoms with van der Waals surface area (Å²) in [5, 5.41) is 26.1. The SMILES string of the molecule is O=C(O)c1cc(-c2ccc(/C=N/Nc3nn[nH]n3)o2)ccc1Cl. The zero-order valence-corrected chi connectivity index (χ0v) is 12.2. The van der Waals surface area contributed by atoms with Crippen molar-refractivity contribution in [1.29, 1.82) is 0 Å². The summed E-state index contributed by atoms with van der Waals surface area (Å²) < 4.78 is 5.57. The zero-order valence-electron chi connectivity index (χ0n) is 11.4. The van der Waals surface area contributed by atoms with E-state index in [9.17, 15) is 4.79 Å². The second-order valence-corrected chi connectivity index (χ2v) is 4.71. The second-order valence-electron chi connectivity index (χ2n) is 4.31. The number of nitrogens with one attached hydrogen (secondary N) is 2. The van der Waals surface area contributed by atoms with Crippen LogP contribution in [0.3, 0.4) is 0 Å². The molecule has 3 aromatic rings. The monoisotopic (exact) mass is 332 g/mol. The van der Waals surface area contributed by atoms with Crippen LogP contribution in [0.5, 0.6) is 0 Å². The van der Waals surface area contributed by atoms with Crippen molar-refractivity contribution >= 4 is 29.7 Å². The zero-order chi connectivity index (χ0) is 16.2. The van der Waals surface area contributed by atoms with Gasteiger partial charge in [0.25, 0.3) is 5.95 Å². The number of halogens is 1. The van der Waals surface area contributed by atoms with Crippen molar-refractivity contribution in [2.24, 2.45) is 5.10 Å². The molecule has 0 unspecified atom stereocenters. The predicted molar refractivity (Wildman–Crippen MR) is 81.5 cm³/mol. The highest BCUT2D eigenvalue weighted by Crippen LogP contribution is 2.26. The number of tetrazole rings is 1. The number of carboxylic acid groups (broad SMARTS) is 1. The fourth-order valence-corrected chi connectivity index (χ4v) is 1.98. The van der Waals surface area contributed by atoms with Crippen LogP contribution in [0.15, 0.2) is 39.9 Å². The molecule has 23 heavy (non-hydrogen) atoms. The number of nitrogens with zero attached hydrogens (tertiary/aromatic N) is 4. The summed E-state index contributed by atoms with van der Waals surface area (Å²) >= 11 is 5.84. The smallest absolute Gasteiger partial charge is 0.337 e. The normalized spacial score (nSPS) is 11.0. The number of H-pyrrole nitrogens is 1. The number of carbonyl (C=O) groups is 1. The molecule has 3 N–H and O–H groups in total. The van der Waals surface area contributed by atoms with Gasteiger partial charge in [-0.2, -0.15) is 10.3 Å². The molecule has 0 atom stereocenters. The molecule has 9 nitrogen and oxygen atoms in total. The summed E-state index contributed by atoms with van der Waals surface area (Å²) in [6.07, 6.45) is 1.42. The number of hydrazone groups is 1. The maximum Gasteiger partial charge on any atom is 0.337 e. The van der Waals surface area contributed by atoms with E-state index in [1.165, 1.54) is 18.3 Å². The lowest BCUT2D eigenvalue weighted by Gasteiger charge is -2.01. The van der Waals surface area contributed by atoms with Gasteiger partial charge in [-0.25, -0.2) is 10.2 Å². The molecule has 3 rings (SSSR count). The predicted octanol–water partition coefficient (Wildman–Crippen LogP) is 2.26. The minimum atomic E-state index is -1.10. The molecule has 0 radical (unpaired) electrons. The number of benzene rings is 1. The Morgan fingerprint density at radius 2 is 2.26 bits per heavy atom. The third-order valence-electron chi connectivity index (χ3n) is 2.81. The lowest BCUT2D eigenvalue weighted by Crippen LogP contribution is -1.97. The fraction of sp³-hybridized carbons (Fsp3) is 0. The van der Waals surface area contributed by atoms with Gasteiger partial charge in [0.05, 0.1) is 16.8 Å². The van der Waals surface area contributed by atoms with Crippen LogP contribution in [-0.4, -0.2) is 37.9 Å². The van der Waals surface area contributed by atoms with Crippen LogP contribution in [0.25, 0.3) is 11.3 Å². The molecule has 0 spiro atoms. The third-order valence-corrected chi connectivity index (χ3v) is 3.14. The molecular formula is C13H9ClN6O3. The molecule has 0 bridgehead atoms. The number of rotatable bonds is 5. The van der Waals surface area contributed by atoms with Crippen LogP contribution in [-0.2, 0) is 0 Å². The summed E-state index contributed by atoms with van der Waals surface area (Å²) in [4.78, 5) is 11.1. The Morgan fingerprint density at radius 3 is 3.00 bits per heavy atom. The number of furan rings is 1. The molecule has 10 heteroatoms. The molecule has 0 aliphatic carbocycles. The van der Waals surface area contributed by atoms with Gasteiger partial charge in [-0.15, -0.1) is 5.10 Å². The minimum Gasteiger partial charge on any atom is -0.478 e. The van der Waals surface area contributed by atoms with Crippen molar-refractivity contribution in [2.45, 2.75) is 0 Å². The summed E-state index contributed by atoms with van der Waals surface area (Å²) in [6, 6.07) is 8.01. The van der Waals surface area contributed by atoms with E-state index in [4.69, 9.17) is 21.1 Å². The Kier molecular flexibility index (Phi) is 4.02. The minimum absolute atomic E-state index is 0.00885. The van der Waals surface area contributed by atoms with Gasteiger partial charge in [-0.3, -0.25) is 0 Å². The quantitative estimate of drug-likeness (QED) is 0.482. The van der Waals surface area contributed by atoms with E-state index < -0.39 is 5.97 Å². The van der Waals surface area contributed by atoms with Gasteiger partial charge in [-0.1, -0.05) is 16.7 Å². The molecular weight excluding hydrogens is 324 g/mol. The lowest BCUT2D eigenvalue weighted by molar-refractivity contribution is 0.0697. The first-order chi connectivity index (χ1) is 11.1. The Hall–Kier alpha value is -3.20. The first-order valence-corrected chi connectivity index (χ1v) is 6.67. The van der Waals surface area contributed by atoms with E-state index in [1.807, 2.05) is 0 Å². The average molecular weight is 333 g/mol. The van der Waals surface area contributed by atoms with Crippen molar-refractivity contribution < 1.29 is 14.3 Å². The Morgan fingerprint density at radius 1 is 1.39 bits per heavy atom. The fourth-order valence-electron chi connectivity index (χ4n) is 1.78. The molecule has 116 valence electrons. The van der Waals surface area contributed by atoms with E-state index in [1.54, 1.807) is 18.2 Å². The van der Waals surface area contributed by atoms with E-state index >= 15 is 0 Å². The molecule has 0 fully saturated rings. The van der Waals surface area contributed by atoms with Gasteiger partial charge in [0.1, 0.15) is 11.5 Å². The second kappa shape index (κ2) is 6.28. The number of hydrogen-bond donors (Lipinski definition) is 3. The largest absolute Gasteiger partial charge is 0.478 e. The summed E-state index contributed by atoms with van der Waals surface area (Å²) in [7, 11) is 0. The molecule has 2 heterocycles. The van der Waals surface area contributed by atoms with Crippen molar-refractivity contribution in [1.82, 2.24) is 20.6 Å². The van der Waals surface area contributed by atoms with Crippen LogP contribution in [0.1, 0.15) is 16.1 Å². The highest BCUT2D eigenvalue weighted by molar-refractivity contribution is 6.33. The van der Waals surface area contributed by atoms with E-state index in [0.29, 0.717) is 17.1 Å².